The van der Waals surface area contributed by atoms with Crippen LogP contribution in [0.4, 0.5) is 0 Å². The number of nitrogens with zero attached hydrogens (tertiary/aromatic N) is 5. The van der Waals surface area contributed by atoms with Gasteiger partial charge in [0.05, 0.1) is 17.1 Å². The van der Waals surface area contributed by atoms with Crippen molar-refractivity contribution in [3.8, 4) is 5.88 Å². The first-order valence-electron chi connectivity index (χ1n) is 12.4. The fraction of sp³-hybridized carbons (Fsp3) is 0.400. The molecule has 2 amide bonds. The number of pyridine rings is 1. The van der Waals surface area contributed by atoms with Gasteiger partial charge in [0, 0.05) is 24.3 Å². The minimum atomic E-state index is -3.38. The van der Waals surface area contributed by atoms with Crippen molar-refractivity contribution in [2.24, 2.45) is 29.0 Å². The number of sulfone groups is 1. The highest BCUT2D eigenvalue weighted by Crippen LogP contribution is 2.59. The lowest BCUT2D eigenvalue weighted by atomic mass is 9.52. The lowest BCUT2D eigenvalue weighted by molar-refractivity contribution is -0.132. The van der Waals surface area contributed by atoms with Gasteiger partial charge in [-0.05, 0) is 49.3 Å². The number of ether oxygens (including phenoxy) is 1. The molecule has 0 radical (unpaired) electrons. The molecule has 1 unspecified atom stereocenters. The molecule has 1 aromatic carbocycles. The van der Waals surface area contributed by atoms with Gasteiger partial charge in [0.1, 0.15) is 16.7 Å². The number of hydrogen-bond donors (Lipinski definition) is 2. The van der Waals surface area contributed by atoms with E-state index in [0.29, 0.717) is 21.6 Å². The third kappa shape index (κ3) is 4.50. The maximum Gasteiger partial charge on any atom is 0.254 e. The molecule has 1 atom stereocenters. The van der Waals surface area contributed by atoms with E-state index >= 15 is 0 Å². The van der Waals surface area contributed by atoms with Crippen LogP contribution in [0.2, 0.25) is 0 Å². The molecule has 39 heavy (non-hydrogen) atoms. The number of hydrogen-bond acceptors (Lipinski definition) is 10. The molecule has 12 nitrogen and oxygen atoms in total. The smallest absolute Gasteiger partial charge is 0.254 e. The average molecular weight is 570 g/mol. The zero-order chi connectivity index (χ0) is 27.7. The minimum Gasteiger partial charge on any atom is -0.474 e. The van der Waals surface area contributed by atoms with E-state index in [4.69, 9.17) is 21.3 Å². The number of fused-ring (bicyclic) bond motifs is 1. The number of rotatable bonds is 7. The first-order valence-corrected chi connectivity index (χ1v) is 15.1. The Bertz CT molecular complexity index is 1650. The number of amides is 2. The molecule has 0 saturated heterocycles. The summed E-state index contributed by atoms with van der Waals surface area (Å²) in [4.78, 5) is 29.0. The van der Waals surface area contributed by atoms with E-state index in [9.17, 15) is 18.0 Å². The predicted molar refractivity (Wildman–Crippen MR) is 145 cm³/mol. The second-order valence-electron chi connectivity index (χ2n) is 10.6. The molecule has 1 spiro atoms. The summed E-state index contributed by atoms with van der Waals surface area (Å²) in [6, 6.07) is 8.21. The highest BCUT2D eigenvalue weighted by atomic mass is 32.2. The number of benzene rings is 1. The topological polar surface area (TPSA) is 176 Å². The van der Waals surface area contributed by atoms with Crippen LogP contribution in [0.3, 0.4) is 0 Å². The zero-order valence-electron chi connectivity index (χ0n) is 21.3. The number of aryl methyl sites for hydroxylation is 1. The Morgan fingerprint density at radius 1 is 1.15 bits per heavy atom. The van der Waals surface area contributed by atoms with Gasteiger partial charge in [0.15, 0.2) is 20.9 Å². The lowest BCUT2D eigenvalue weighted by Gasteiger charge is -2.58. The molecule has 2 aromatic heterocycles. The number of carbonyl (C=O) groups is 2. The Hall–Kier alpha value is -3.65. The van der Waals surface area contributed by atoms with Crippen molar-refractivity contribution in [2.45, 2.75) is 48.1 Å². The normalized spacial score (nSPS) is 26.3. The quantitative estimate of drug-likeness (QED) is 0.426. The van der Waals surface area contributed by atoms with Crippen LogP contribution in [-0.4, -0.2) is 68.8 Å². The Morgan fingerprint density at radius 2 is 1.90 bits per heavy atom. The van der Waals surface area contributed by atoms with Gasteiger partial charge in [-0.1, -0.05) is 23.9 Å². The van der Waals surface area contributed by atoms with Crippen LogP contribution < -0.4 is 16.2 Å². The summed E-state index contributed by atoms with van der Waals surface area (Å²) in [5, 5.41) is 11.2. The van der Waals surface area contributed by atoms with Gasteiger partial charge in [-0.3, -0.25) is 19.3 Å². The largest absolute Gasteiger partial charge is 0.474 e. The van der Waals surface area contributed by atoms with Gasteiger partial charge >= 0.3 is 0 Å². The Kier molecular flexibility index (Phi) is 5.88. The molecule has 2 aliphatic carbocycles. The van der Waals surface area contributed by atoms with E-state index in [-0.39, 0.29) is 33.9 Å². The van der Waals surface area contributed by atoms with Gasteiger partial charge in [-0.15, -0.1) is 0 Å². The first-order chi connectivity index (χ1) is 18.4. The van der Waals surface area contributed by atoms with Crippen LogP contribution in [0.1, 0.15) is 41.6 Å². The van der Waals surface area contributed by atoms with Crippen LogP contribution in [-0.2, 0) is 21.7 Å². The standard InChI is InChI=1S/C25H27N7O5S2/c1-31-21-14(12-28-31)7-18(19(26)33)22(29-21)37-16-10-25(11-16)8-15(9-25)32-24(20(27)34)38-23(30-32)13-4-3-5-17(6-13)39(2,35)36/h3-7,12,15-16,24H,8-11H2,1-2H3,(H2,26,33)(H2,27,34). The van der Waals surface area contributed by atoms with Crippen LogP contribution in [0.25, 0.3) is 11.0 Å². The number of nitrogens with two attached hydrogens (primary N) is 2. The second kappa shape index (κ2) is 8.95. The number of carbonyl (C=O) groups excluding carboxylic acids is 2. The van der Waals surface area contributed by atoms with E-state index in [0.717, 1.165) is 31.9 Å². The molecule has 3 aliphatic rings. The number of aromatic nitrogens is 3. The molecule has 3 aromatic rings. The van der Waals surface area contributed by atoms with Gasteiger partial charge in [0.2, 0.25) is 5.88 Å². The van der Waals surface area contributed by atoms with Crippen LogP contribution in [0, 0.1) is 5.41 Å². The van der Waals surface area contributed by atoms with Gasteiger partial charge in [-0.2, -0.15) is 15.2 Å². The molecular formula is C25H27N7O5S2. The van der Waals surface area contributed by atoms with Gasteiger partial charge < -0.3 is 16.2 Å². The van der Waals surface area contributed by atoms with Crippen molar-refractivity contribution in [3.05, 3.63) is 47.7 Å². The Labute approximate surface area is 228 Å². The zero-order valence-corrected chi connectivity index (χ0v) is 22.9. The van der Waals surface area contributed by atoms with E-state index in [1.54, 1.807) is 47.2 Å². The molecule has 3 heterocycles. The van der Waals surface area contributed by atoms with E-state index in [2.05, 4.69) is 10.1 Å². The van der Waals surface area contributed by atoms with Crippen molar-refractivity contribution >= 4 is 49.5 Å². The van der Waals surface area contributed by atoms with E-state index in [1.807, 2.05) is 0 Å². The molecule has 6 rings (SSSR count). The average Bonchev–Trinajstić information content (AvgIpc) is 3.43. The fourth-order valence-electron chi connectivity index (χ4n) is 5.72. The SMILES string of the molecule is Cn1ncc2cc(C(N)=O)c(OC3CC4(C3)CC(N3N=C(c5cccc(S(C)(=O)=O)c5)SC3C(N)=O)C4)nc21. The van der Waals surface area contributed by atoms with Crippen molar-refractivity contribution in [2.75, 3.05) is 6.26 Å². The molecule has 14 heteroatoms. The highest BCUT2D eigenvalue weighted by Gasteiger charge is 2.57. The molecule has 0 bridgehead atoms. The fourth-order valence-corrected chi connectivity index (χ4v) is 7.45. The van der Waals surface area contributed by atoms with Crippen LogP contribution in [0.5, 0.6) is 5.88 Å². The van der Waals surface area contributed by atoms with Crippen LogP contribution >= 0.6 is 11.8 Å². The summed E-state index contributed by atoms with van der Waals surface area (Å²) in [5.74, 6) is -0.894. The van der Waals surface area contributed by atoms with Crippen molar-refractivity contribution in [1.29, 1.82) is 0 Å². The maximum atomic E-state index is 12.3. The first kappa shape index (κ1) is 25.6. The number of thioether (sulfide) groups is 1. The predicted octanol–water partition coefficient (Wildman–Crippen LogP) is 1.38. The maximum absolute atomic E-state index is 12.3. The summed E-state index contributed by atoms with van der Waals surface area (Å²) in [7, 11) is -1.61. The highest BCUT2D eigenvalue weighted by molar-refractivity contribution is 8.15. The Morgan fingerprint density at radius 3 is 2.56 bits per heavy atom. The lowest BCUT2D eigenvalue weighted by Crippen LogP contribution is -2.59. The molecule has 2 fully saturated rings. The van der Waals surface area contributed by atoms with E-state index < -0.39 is 27.0 Å². The third-order valence-electron chi connectivity index (χ3n) is 7.67. The van der Waals surface area contributed by atoms with Crippen molar-refractivity contribution in [1.82, 2.24) is 19.8 Å². The number of hydrazone groups is 1. The van der Waals surface area contributed by atoms with E-state index in [1.165, 1.54) is 17.8 Å². The number of primary amides is 2. The van der Waals surface area contributed by atoms with Crippen LogP contribution in [0.15, 0.2) is 46.5 Å². The summed E-state index contributed by atoms with van der Waals surface area (Å²) >= 11 is 1.23. The summed E-state index contributed by atoms with van der Waals surface area (Å²) < 4.78 is 31.7. The molecule has 204 valence electrons. The molecule has 4 N–H and O–H groups in total. The molecule has 2 saturated carbocycles. The third-order valence-corrected chi connectivity index (χ3v) is 9.99. The summed E-state index contributed by atoms with van der Waals surface area (Å²) in [5.41, 5.74) is 12.8. The van der Waals surface area contributed by atoms with Gasteiger partial charge in [-0.25, -0.2) is 8.42 Å². The van der Waals surface area contributed by atoms with Crippen molar-refractivity contribution in [3.63, 3.8) is 0 Å². The molecule has 1 aliphatic heterocycles. The Balaban J connectivity index is 1.14. The summed E-state index contributed by atoms with van der Waals surface area (Å²) in [6.45, 7) is 0. The van der Waals surface area contributed by atoms with Gasteiger partial charge in [0.25, 0.3) is 11.8 Å². The minimum absolute atomic E-state index is 0.0247. The van der Waals surface area contributed by atoms with Crippen molar-refractivity contribution < 1.29 is 22.7 Å². The second-order valence-corrected chi connectivity index (χ2v) is 13.6. The monoisotopic (exact) mass is 569 g/mol. The summed E-state index contributed by atoms with van der Waals surface area (Å²) in [6.07, 6.45) is 5.85. The molecular weight excluding hydrogens is 542 g/mol.